The van der Waals surface area contributed by atoms with E-state index in [1.54, 1.807) is 14.2 Å². The Morgan fingerprint density at radius 2 is 2.04 bits per heavy atom. The van der Waals surface area contributed by atoms with Crippen molar-refractivity contribution in [3.8, 4) is 11.3 Å². The monoisotopic (exact) mass is 486 g/mol. The molecule has 148 valence electrons. The number of hydrogen-bond donors (Lipinski definition) is 3. The molecule has 3 N–H and O–H groups in total. The molecule has 0 fully saturated rings. The zero-order valence-electron chi connectivity index (χ0n) is 15.9. The van der Waals surface area contributed by atoms with Gasteiger partial charge in [-0.25, -0.2) is 4.98 Å². The minimum absolute atomic E-state index is 0. The molecule has 0 spiro atoms. The number of aromatic nitrogens is 2. The second kappa shape index (κ2) is 12.3. The number of aromatic amines is 1. The summed E-state index contributed by atoms with van der Waals surface area (Å²) in [5.41, 5.74) is 2.05. The van der Waals surface area contributed by atoms with Crippen molar-refractivity contribution >= 4 is 35.8 Å². The number of ether oxygens (including phenoxy) is 1. The van der Waals surface area contributed by atoms with Crippen LogP contribution in [0.25, 0.3) is 11.3 Å². The molecular weight excluding hydrogens is 459 g/mol. The topological polar surface area (TPSA) is 94.6 Å². The lowest BCUT2D eigenvalue weighted by Gasteiger charge is -2.20. The van der Waals surface area contributed by atoms with Crippen LogP contribution >= 0.6 is 24.0 Å². The SMILES string of the molecule is CN=C(NCC(=O)NCCOC)N(C)Cc1ncc(-c2ccccc2)[nH]1.I. The number of benzene rings is 1. The Morgan fingerprint density at radius 1 is 1.30 bits per heavy atom. The molecule has 1 heterocycles. The third kappa shape index (κ3) is 7.55. The quantitative estimate of drug-likeness (QED) is 0.228. The molecule has 8 nitrogen and oxygen atoms in total. The molecule has 1 aromatic heterocycles. The van der Waals surface area contributed by atoms with Gasteiger partial charge in [-0.1, -0.05) is 30.3 Å². The van der Waals surface area contributed by atoms with Crippen LogP contribution in [0.2, 0.25) is 0 Å². The molecule has 0 bridgehead atoms. The van der Waals surface area contributed by atoms with Gasteiger partial charge in [0, 0.05) is 27.7 Å². The Kier molecular flexibility index (Phi) is 10.4. The number of rotatable bonds is 8. The summed E-state index contributed by atoms with van der Waals surface area (Å²) < 4.78 is 4.90. The molecule has 0 atom stereocenters. The predicted octanol–water partition coefficient (Wildman–Crippen LogP) is 1.46. The van der Waals surface area contributed by atoms with Gasteiger partial charge in [0.15, 0.2) is 5.96 Å². The third-order valence-electron chi connectivity index (χ3n) is 3.71. The average Bonchev–Trinajstić information content (AvgIpc) is 3.11. The molecule has 27 heavy (non-hydrogen) atoms. The number of carbonyl (C=O) groups excluding carboxylic acids is 1. The Morgan fingerprint density at radius 3 is 2.70 bits per heavy atom. The van der Waals surface area contributed by atoms with Crippen molar-refractivity contribution in [1.29, 1.82) is 0 Å². The molecular formula is C18H27IN6O2. The number of imidazole rings is 1. The maximum absolute atomic E-state index is 11.8. The number of H-pyrrole nitrogens is 1. The fourth-order valence-corrected chi connectivity index (χ4v) is 2.41. The zero-order chi connectivity index (χ0) is 18.8. The van der Waals surface area contributed by atoms with E-state index >= 15 is 0 Å². The molecule has 0 aliphatic carbocycles. The molecule has 1 aromatic carbocycles. The normalized spacial score (nSPS) is 10.9. The van der Waals surface area contributed by atoms with Gasteiger partial charge in [0.05, 0.1) is 31.6 Å². The van der Waals surface area contributed by atoms with E-state index in [1.165, 1.54) is 0 Å². The number of amides is 1. The Balaban J connectivity index is 0.00000364. The number of hydrogen-bond acceptors (Lipinski definition) is 4. The van der Waals surface area contributed by atoms with Crippen molar-refractivity contribution in [2.24, 2.45) is 4.99 Å². The van der Waals surface area contributed by atoms with Crippen molar-refractivity contribution < 1.29 is 9.53 Å². The summed E-state index contributed by atoms with van der Waals surface area (Å²) in [6.07, 6.45) is 1.82. The van der Waals surface area contributed by atoms with Crippen molar-refractivity contribution in [2.75, 3.05) is 40.9 Å². The summed E-state index contributed by atoms with van der Waals surface area (Å²) in [5.74, 6) is 1.32. The van der Waals surface area contributed by atoms with Crippen LogP contribution in [0.3, 0.4) is 0 Å². The van der Waals surface area contributed by atoms with Gasteiger partial charge in [0.2, 0.25) is 5.91 Å². The van der Waals surface area contributed by atoms with E-state index in [1.807, 2.05) is 48.5 Å². The van der Waals surface area contributed by atoms with Gasteiger partial charge in [-0.15, -0.1) is 24.0 Å². The van der Waals surface area contributed by atoms with Crippen LogP contribution in [0.4, 0.5) is 0 Å². The second-order valence-corrected chi connectivity index (χ2v) is 5.71. The van der Waals surface area contributed by atoms with Crippen LogP contribution in [-0.2, 0) is 16.1 Å². The summed E-state index contributed by atoms with van der Waals surface area (Å²) in [6.45, 7) is 1.66. The molecule has 0 aliphatic rings. The lowest BCUT2D eigenvalue weighted by atomic mass is 10.2. The molecule has 0 saturated heterocycles. The highest BCUT2D eigenvalue weighted by molar-refractivity contribution is 14.0. The number of carbonyl (C=O) groups is 1. The highest BCUT2D eigenvalue weighted by Crippen LogP contribution is 2.16. The third-order valence-corrected chi connectivity index (χ3v) is 3.71. The Hall–Kier alpha value is -2.14. The van der Waals surface area contributed by atoms with Gasteiger partial charge >= 0.3 is 0 Å². The van der Waals surface area contributed by atoms with E-state index in [-0.39, 0.29) is 36.4 Å². The summed E-state index contributed by atoms with van der Waals surface area (Å²) >= 11 is 0. The summed E-state index contributed by atoms with van der Waals surface area (Å²) in [7, 11) is 5.17. The van der Waals surface area contributed by atoms with Crippen LogP contribution < -0.4 is 10.6 Å². The predicted molar refractivity (Wildman–Crippen MR) is 117 cm³/mol. The molecule has 2 rings (SSSR count). The van der Waals surface area contributed by atoms with Crippen molar-refractivity contribution in [1.82, 2.24) is 25.5 Å². The Bertz CT molecular complexity index is 720. The number of halogens is 1. The van der Waals surface area contributed by atoms with E-state index in [2.05, 4.69) is 25.6 Å². The fourth-order valence-electron chi connectivity index (χ4n) is 2.41. The second-order valence-electron chi connectivity index (χ2n) is 5.71. The molecule has 0 saturated carbocycles. The molecule has 1 amide bonds. The van der Waals surface area contributed by atoms with Crippen LogP contribution in [0, 0.1) is 0 Å². The van der Waals surface area contributed by atoms with E-state index in [9.17, 15) is 4.79 Å². The largest absolute Gasteiger partial charge is 0.383 e. The van der Waals surface area contributed by atoms with Crippen LogP contribution in [0.1, 0.15) is 5.82 Å². The lowest BCUT2D eigenvalue weighted by Crippen LogP contribution is -2.44. The minimum atomic E-state index is -0.110. The van der Waals surface area contributed by atoms with E-state index in [0.29, 0.717) is 25.7 Å². The number of methoxy groups -OCH3 is 1. The highest BCUT2D eigenvalue weighted by atomic mass is 127. The molecule has 2 aromatic rings. The van der Waals surface area contributed by atoms with Crippen LogP contribution in [0.15, 0.2) is 41.5 Å². The summed E-state index contributed by atoms with van der Waals surface area (Å²) in [5, 5.41) is 5.79. The molecule has 0 aliphatic heterocycles. The highest BCUT2D eigenvalue weighted by Gasteiger charge is 2.11. The van der Waals surface area contributed by atoms with Gasteiger partial charge in [0.25, 0.3) is 0 Å². The minimum Gasteiger partial charge on any atom is -0.383 e. The fraction of sp³-hybridized carbons (Fsp3) is 0.389. The number of guanidine groups is 1. The lowest BCUT2D eigenvalue weighted by molar-refractivity contribution is -0.120. The van der Waals surface area contributed by atoms with Gasteiger partial charge in [-0.05, 0) is 5.56 Å². The summed E-state index contributed by atoms with van der Waals surface area (Å²) in [6, 6.07) is 10.0. The van der Waals surface area contributed by atoms with E-state index < -0.39 is 0 Å². The first-order valence-electron chi connectivity index (χ1n) is 8.40. The van der Waals surface area contributed by atoms with Crippen LogP contribution in [0.5, 0.6) is 0 Å². The first-order chi connectivity index (χ1) is 12.6. The average molecular weight is 486 g/mol. The number of nitrogens with one attached hydrogen (secondary N) is 3. The van der Waals surface area contributed by atoms with E-state index in [0.717, 1.165) is 17.1 Å². The van der Waals surface area contributed by atoms with Crippen molar-refractivity contribution in [3.63, 3.8) is 0 Å². The smallest absolute Gasteiger partial charge is 0.239 e. The van der Waals surface area contributed by atoms with Crippen LogP contribution in [-0.4, -0.2) is 67.6 Å². The van der Waals surface area contributed by atoms with Gasteiger partial charge < -0.3 is 25.3 Å². The molecule has 9 heteroatoms. The molecule has 0 radical (unpaired) electrons. The standard InChI is InChI=1S/C18H26N6O2.HI/c1-19-18(22-12-17(25)20-9-10-26-3)24(2)13-16-21-11-15(23-16)14-7-5-4-6-8-14;/h4-8,11H,9-10,12-13H2,1-3H3,(H,19,22)(H,20,25)(H,21,23);1H. The zero-order valence-corrected chi connectivity index (χ0v) is 18.2. The number of nitrogens with zero attached hydrogens (tertiary/aromatic N) is 3. The number of aliphatic imine (C=N–C) groups is 1. The van der Waals surface area contributed by atoms with Crippen molar-refractivity contribution in [3.05, 3.63) is 42.4 Å². The van der Waals surface area contributed by atoms with Gasteiger partial charge in [-0.3, -0.25) is 9.79 Å². The van der Waals surface area contributed by atoms with Gasteiger partial charge in [-0.2, -0.15) is 0 Å². The first kappa shape index (κ1) is 22.9. The van der Waals surface area contributed by atoms with Gasteiger partial charge in [0.1, 0.15) is 5.82 Å². The van der Waals surface area contributed by atoms with Crippen molar-refractivity contribution in [2.45, 2.75) is 6.54 Å². The maximum Gasteiger partial charge on any atom is 0.239 e. The Labute approximate surface area is 176 Å². The first-order valence-corrected chi connectivity index (χ1v) is 8.40. The molecule has 0 unspecified atom stereocenters. The maximum atomic E-state index is 11.8. The van der Waals surface area contributed by atoms with E-state index in [4.69, 9.17) is 4.74 Å². The summed E-state index contributed by atoms with van der Waals surface area (Å²) in [4.78, 5) is 25.6.